The number of aromatic nitrogens is 2. The first-order chi connectivity index (χ1) is 15.2. The summed E-state index contributed by atoms with van der Waals surface area (Å²) >= 11 is 0. The van der Waals surface area contributed by atoms with Gasteiger partial charge in [-0.25, -0.2) is 4.68 Å². The smallest absolute Gasteiger partial charge is 0.272 e. The number of rotatable bonds is 6. The first-order valence-electron chi connectivity index (χ1n) is 9.92. The van der Waals surface area contributed by atoms with Crippen molar-refractivity contribution in [2.45, 2.75) is 13.0 Å². The van der Waals surface area contributed by atoms with Crippen molar-refractivity contribution in [2.24, 2.45) is 0 Å². The summed E-state index contributed by atoms with van der Waals surface area (Å²) in [4.78, 5) is 13.1. The minimum absolute atomic E-state index is 0.242. The summed E-state index contributed by atoms with van der Waals surface area (Å²) in [6.45, 7) is 0.299. The Morgan fingerprint density at radius 3 is 2.58 bits per heavy atom. The van der Waals surface area contributed by atoms with Gasteiger partial charge in [0.05, 0.1) is 38.4 Å². The summed E-state index contributed by atoms with van der Waals surface area (Å²) in [5.74, 6) is 1.74. The Labute approximate surface area is 179 Å². The Bertz CT molecular complexity index is 1240. The lowest BCUT2D eigenvalue weighted by atomic mass is 10.1. The maximum Gasteiger partial charge on any atom is 0.272 e. The molecule has 1 aliphatic rings. The van der Waals surface area contributed by atoms with Crippen LogP contribution >= 0.6 is 0 Å². The van der Waals surface area contributed by atoms with E-state index in [0.29, 0.717) is 35.9 Å². The molecule has 0 fully saturated rings. The highest BCUT2D eigenvalue weighted by Gasteiger charge is 2.32. The lowest BCUT2D eigenvalue weighted by Gasteiger charge is -2.12. The number of carbonyl (C=O) groups is 1. The molecule has 0 unspecified atom stereocenters. The molecule has 0 saturated heterocycles. The molecule has 5 rings (SSSR count). The molecule has 7 nitrogen and oxygen atoms in total. The van der Waals surface area contributed by atoms with Crippen LogP contribution in [0.1, 0.15) is 27.4 Å². The largest absolute Gasteiger partial charge is 0.493 e. The average molecular weight is 415 g/mol. The first kappa shape index (κ1) is 19.0. The highest BCUT2D eigenvalue weighted by molar-refractivity contribution is 5.97. The van der Waals surface area contributed by atoms with E-state index < -0.39 is 0 Å². The number of hydrogen-bond donors (Lipinski definition) is 1. The van der Waals surface area contributed by atoms with E-state index in [2.05, 4.69) is 5.32 Å². The van der Waals surface area contributed by atoms with Crippen molar-refractivity contribution in [3.8, 4) is 28.4 Å². The van der Waals surface area contributed by atoms with Crippen LogP contribution in [0.2, 0.25) is 0 Å². The fourth-order valence-electron chi connectivity index (χ4n) is 3.98. The zero-order chi connectivity index (χ0) is 21.4. The molecule has 0 spiro atoms. The van der Waals surface area contributed by atoms with Crippen LogP contribution in [0.5, 0.6) is 11.5 Å². The van der Waals surface area contributed by atoms with Crippen LogP contribution in [-0.4, -0.2) is 29.9 Å². The Balaban J connectivity index is 1.61. The van der Waals surface area contributed by atoms with Gasteiger partial charge in [-0.2, -0.15) is 5.10 Å². The monoisotopic (exact) mass is 415 g/mol. The van der Waals surface area contributed by atoms with Crippen molar-refractivity contribution in [1.29, 1.82) is 0 Å². The van der Waals surface area contributed by atoms with E-state index in [-0.39, 0.29) is 5.91 Å². The Kier molecular flexibility index (Phi) is 4.71. The minimum Gasteiger partial charge on any atom is -0.493 e. The molecule has 31 heavy (non-hydrogen) atoms. The van der Waals surface area contributed by atoms with E-state index in [9.17, 15) is 4.79 Å². The van der Waals surface area contributed by atoms with Crippen molar-refractivity contribution < 1.29 is 18.7 Å². The molecule has 0 radical (unpaired) electrons. The molecule has 0 aliphatic heterocycles. The second-order valence-electron chi connectivity index (χ2n) is 7.23. The van der Waals surface area contributed by atoms with E-state index in [1.165, 1.54) is 0 Å². The minimum atomic E-state index is -0.242. The number of nitrogens with one attached hydrogen (secondary N) is 1. The molecular formula is C24H21N3O4. The first-order valence-corrected chi connectivity index (χ1v) is 9.92. The number of hydrogen-bond acceptors (Lipinski definition) is 5. The SMILES string of the molecule is COc1cc2c(cc1OC)-c1c(c(C(=O)NCc3ccco3)nn1-c1ccccc1)C2. The van der Waals surface area contributed by atoms with Gasteiger partial charge in [0.2, 0.25) is 0 Å². The summed E-state index contributed by atoms with van der Waals surface area (Å²) < 4.78 is 18.1. The molecule has 2 aromatic heterocycles. The number of benzene rings is 2. The number of fused-ring (bicyclic) bond motifs is 3. The van der Waals surface area contributed by atoms with Crippen molar-refractivity contribution in [2.75, 3.05) is 14.2 Å². The van der Waals surface area contributed by atoms with Crippen molar-refractivity contribution in [1.82, 2.24) is 15.1 Å². The van der Waals surface area contributed by atoms with Crippen LogP contribution in [0.15, 0.2) is 65.3 Å². The number of ether oxygens (including phenoxy) is 2. The highest BCUT2D eigenvalue weighted by atomic mass is 16.5. The molecule has 1 aliphatic carbocycles. The van der Waals surface area contributed by atoms with E-state index in [1.807, 2.05) is 53.2 Å². The average Bonchev–Trinajstić information content (AvgIpc) is 3.53. The van der Waals surface area contributed by atoms with Crippen LogP contribution in [0.25, 0.3) is 16.9 Å². The molecule has 1 amide bonds. The molecule has 4 aromatic rings. The quantitative estimate of drug-likeness (QED) is 0.454. The molecule has 7 heteroatoms. The summed E-state index contributed by atoms with van der Waals surface area (Å²) in [6.07, 6.45) is 2.17. The molecule has 2 aromatic carbocycles. The van der Waals surface area contributed by atoms with Crippen LogP contribution in [-0.2, 0) is 13.0 Å². The van der Waals surface area contributed by atoms with Gasteiger partial charge >= 0.3 is 0 Å². The molecular weight excluding hydrogens is 394 g/mol. The second kappa shape index (κ2) is 7.68. The van der Waals surface area contributed by atoms with Gasteiger partial charge in [0.25, 0.3) is 5.91 Å². The third-order valence-corrected chi connectivity index (χ3v) is 5.43. The lowest BCUT2D eigenvalue weighted by molar-refractivity contribution is 0.0942. The predicted octanol–water partition coefficient (Wildman–Crippen LogP) is 3.98. The summed E-state index contributed by atoms with van der Waals surface area (Å²) in [5.41, 5.74) is 5.10. The van der Waals surface area contributed by atoms with Gasteiger partial charge < -0.3 is 19.2 Å². The van der Waals surface area contributed by atoms with Gasteiger partial charge in [0.15, 0.2) is 17.2 Å². The molecule has 1 N–H and O–H groups in total. The van der Waals surface area contributed by atoms with Gasteiger partial charge in [-0.05, 0) is 42.0 Å². The normalized spacial score (nSPS) is 11.7. The Morgan fingerprint density at radius 1 is 1.10 bits per heavy atom. The lowest BCUT2D eigenvalue weighted by Crippen LogP contribution is -2.24. The number of furan rings is 1. The number of carbonyl (C=O) groups excluding carboxylic acids is 1. The van der Waals surface area contributed by atoms with Crippen molar-refractivity contribution >= 4 is 5.91 Å². The molecule has 0 saturated carbocycles. The number of methoxy groups -OCH3 is 2. The Morgan fingerprint density at radius 2 is 1.87 bits per heavy atom. The number of nitrogens with zero attached hydrogens (tertiary/aromatic N) is 2. The molecule has 0 atom stereocenters. The highest BCUT2D eigenvalue weighted by Crippen LogP contribution is 2.44. The topological polar surface area (TPSA) is 78.5 Å². The van der Waals surface area contributed by atoms with Crippen molar-refractivity contribution in [3.63, 3.8) is 0 Å². The zero-order valence-electron chi connectivity index (χ0n) is 17.2. The summed E-state index contributed by atoms with van der Waals surface area (Å²) in [7, 11) is 3.23. The summed E-state index contributed by atoms with van der Waals surface area (Å²) in [5, 5.41) is 7.61. The van der Waals surface area contributed by atoms with E-state index in [4.69, 9.17) is 19.0 Å². The standard InChI is InChI=1S/C24H21N3O4/c1-29-20-12-15-11-19-22(24(28)25-14-17-9-6-10-31-17)26-27(16-7-4-3-5-8-16)23(19)18(15)13-21(20)30-2/h3-10,12-13H,11,14H2,1-2H3,(H,25,28). The third kappa shape index (κ3) is 3.24. The van der Waals surface area contributed by atoms with E-state index >= 15 is 0 Å². The maximum absolute atomic E-state index is 13.1. The van der Waals surface area contributed by atoms with Crippen LogP contribution in [0.3, 0.4) is 0 Å². The van der Waals surface area contributed by atoms with Gasteiger partial charge in [0, 0.05) is 17.5 Å². The summed E-state index contributed by atoms with van der Waals surface area (Å²) in [6, 6.07) is 17.3. The predicted molar refractivity (Wildman–Crippen MR) is 115 cm³/mol. The fourth-order valence-corrected chi connectivity index (χ4v) is 3.98. The second-order valence-corrected chi connectivity index (χ2v) is 7.23. The van der Waals surface area contributed by atoms with E-state index in [1.54, 1.807) is 26.5 Å². The molecule has 156 valence electrons. The molecule has 2 heterocycles. The zero-order valence-corrected chi connectivity index (χ0v) is 17.2. The van der Waals surface area contributed by atoms with Gasteiger partial charge in [-0.1, -0.05) is 18.2 Å². The van der Waals surface area contributed by atoms with Gasteiger partial charge in [0.1, 0.15) is 5.76 Å². The van der Waals surface area contributed by atoms with Crippen LogP contribution < -0.4 is 14.8 Å². The van der Waals surface area contributed by atoms with Gasteiger partial charge in [-0.3, -0.25) is 4.79 Å². The fraction of sp³-hybridized carbons (Fsp3) is 0.167. The van der Waals surface area contributed by atoms with E-state index in [0.717, 1.165) is 28.1 Å². The maximum atomic E-state index is 13.1. The Hall–Kier alpha value is -4.00. The van der Waals surface area contributed by atoms with Gasteiger partial charge in [-0.15, -0.1) is 0 Å². The molecule has 0 bridgehead atoms. The van der Waals surface area contributed by atoms with Crippen LogP contribution in [0, 0.1) is 0 Å². The van der Waals surface area contributed by atoms with Crippen molar-refractivity contribution in [3.05, 3.63) is 83.4 Å². The number of para-hydroxylation sites is 1. The third-order valence-electron chi connectivity index (χ3n) is 5.43. The van der Waals surface area contributed by atoms with Crippen LogP contribution in [0.4, 0.5) is 0 Å². The number of amides is 1.